The van der Waals surface area contributed by atoms with E-state index < -0.39 is 0 Å². The molecule has 0 bridgehead atoms. The lowest BCUT2D eigenvalue weighted by Gasteiger charge is -1.02. The SMILES string of the molecule is C.N=C=O. The van der Waals surface area contributed by atoms with Gasteiger partial charge in [0, 0.05) is 0 Å². The van der Waals surface area contributed by atoms with Crippen LogP contribution in [0.2, 0.25) is 0 Å². The van der Waals surface area contributed by atoms with Gasteiger partial charge in [-0.15, -0.1) is 0 Å². The van der Waals surface area contributed by atoms with Crippen LogP contribution in [-0.4, -0.2) is 6.08 Å². The summed E-state index contributed by atoms with van der Waals surface area (Å²) >= 11 is 0. The maximum absolute atomic E-state index is 8.35. The predicted octanol–water partition coefficient (Wildman–Crippen LogP) is 0.537. The minimum absolute atomic E-state index is 0. The average Bonchev–Trinajstić information content (AvgIpc) is 0.918. The molecule has 0 unspecified atom stereocenters. The number of hydrogen-bond donors (Lipinski definition) is 1. The summed E-state index contributed by atoms with van der Waals surface area (Å²) in [7, 11) is 0. The van der Waals surface area contributed by atoms with Crippen molar-refractivity contribution in [3.63, 3.8) is 0 Å². The van der Waals surface area contributed by atoms with Gasteiger partial charge in [0.25, 0.3) is 0 Å². The fourth-order valence-corrected chi connectivity index (χ4v) is 0. The van der Waals surface area contributed by atoms with Crippen molar-refractivity contribution in [2.75, 3.05) is 0 Å². The summed E-state index contributed by atoms with van der Waals surface area (Å²) in [6.45, 7) is 0. The van der Waals surface area contributed by atoms with Crippen molar-refractivity contribution >= 4 is 6.08 Å². The Balaban J connectivity index is 0. The third-order valence-corrected chi connectivity index (χ3v) is 0. The molecule has 0 heterocycles. The van der Waals surface area contributed by atoms with Gasteiger partial charge in [-0.3, -0.25) is 0 Å². The maximum atomic E-state index is 8.35. The highest BCUT2D eigenvalue weighted by molar-refractivity contribution is 5.26. The first-order valence-electron chi connectivity index (χ1n) is 0.454. The van der Waals surface area contributed by atoms with Crippen molar-refractivity contribution < 1.29 is 4.79 Å². The Morgan fingerprint density at radius 1 is 1.75 bits per heavy atom. The van der Waals surface area contributed by atoms with Crippen LogP contribution in [0.4, 0.5) is 0 Å². The van der Waals surface area contributed by atoms with Gasteiger partial charge in [0.1, 0.15) is 0 Å². The highest BCUT2D eigenvalue weighted by Gasteiger charge is 1.03. The molecule has 0 fully saturated rings. The standard InChI is InChI=1S/CHNO.CH4/c2-1-3;/h2H;1H4. The third-order valence-electron chi connectivity index (χ3n) is 0. The van der Waals surface area contributed by atoms with Crippen molar-refractivity contribution in [3.8, 4) is 0 Å². The Bertz CT molecular complexity index is 27.0. The molecule has 0 aromatic rings. The molecule has 0 aromatic heterocycles. The molecule has 0 spiro atoms. The van der Waals surface area contributed by atoms with E-state index in [-0.39, 0.29) is 7.43 Å². The highest BCUT2D eigenvalue weighted by atomic mass is 16.1. The van der Waals surface area contributed by atoms with E-state index in [2.05, 4.69) is 0 Å². The molecule has 1 N–H and O–H groups in total. The van der Waals surface area contributed by atoms with E-state index in [1.54, 1.807) is 0 Å². The van der Waals surface area contributed by atoms with Crippen LogP contribution in [0.1, 0.15) is 7.43 Å². The molecule has 0 aliphatic rings. The van der Waals surface area contributed by atoms with Crippen LogP contribution >= 0.6 is 0 Å². The molecule has 2 heteroatoms. The van der Waals surface area contributed by atoms with E-state index in [0.29, 0.717) is 0 Å². The lowest BCUT2D eigenvalue weighted by molar-refractivity contribution is 0.563. The first kappa shape index (κ1) is 10.1. The van der Waals surface area contributed by atoms with Crippen molar-refractivity contribution in [1.82, 2.24) is 0 Å². The normalized spacial score (nSPS) is 2.00. The number of carbonyl (C=O) groups excluding carboxylic acids is 1. The summed E-state index contributed by atoms with van der Waals surface area (Å²) in [5.74, 6) is 0. The Labute approximate surface area is 25.0 Å². The van der Waals surface area contributed by atoms with Crippen LogP contribution < -0.4 is 0 Å². The first-order valence-corrected chi connectivity index (χ1v) is 0.454. The Kier molecular flexibility index (Phi) is 78.9. The first-order chi connectivity index (χ1) is 1.41. The predicted molar refractivity (Wildman–Crippen MR) is 15.1 cm³/mol. The molecule has 0 rings (SSSR count). The lowest BCUT2D eigenvalue weighted by Crippen LogP contribution is -1.16. The summed E-state index contributed by atoms with van der Waals surface area (Å²) in [6.07, 6.45) is 0.750. The van der Waals surface area contributed by atoms with E-state index in [9.17, 15) is 0 Å². The Hall–Kier alpha value is -0.620. The lowest BCUT2D eigenvalue weighted by atomic mass is 11.7. The van der Waals surface area contributed by atoms with Gasteiger partial charge in [0.2, 0.25) is 6.08 Å². The average molecular weight is 59.1 g/mol. The largest absolute Gasteiger partial charge is 0.231 e. The minimum Gasteiger partial charge on any atom is -0.222 e. The Morgan fingerprint density at radius 2 is 1.75 bits per heavy atom. The molecule has 0 amide bonds. The van der Waals surface area contributed by atoms with Crippen molar-refractivity contribution in [1.29, 1.82) is 5.41 Å². The van der Waals surface area contributed by atoms with Crippen molar-refractivity contribution in [3.05, 3.63) is 0 Å². The summed E-state index contributed by atoms with van der Waals surface area (Å²) in [6, 6.07) is 0. The zero-order valence-corrected chi connectivity index (χ0v) is 1.41. The molecule has 24 valence electrons. The van der Waals surface area contributed by atoms with Crippen molar-refractivity contribution in [2.24, 2.45) is 0 Å². The molecule has 0 aliphatic heterocycles. The van der Waals surface area contributed by atoms with Gasteiger partial charge < -0.3 is 0 Å². The maximum Gasteiger partial charge on any atom is 0.231 e. The zero-order valence-electron chi connectivity index (χ0n) is 1.41. The number of hydrogen-bond acceptors (Lipinski definition) is 2. The van der Waals surface area contributed by atoms with Crippen LogP contribution in [0.3, 0.4) is 0 Å². The second kappa shape index (κ2) is 31.4. The number of nitrogens with one attached hydrogen (secondary N) is 1. The van der Waals surface area contributed by atoms with Gasteiger partial charge in [-0.2, -0.15) is 0 Å². The number of isocyanates is 1. The van der Waals surface area contributed by atoms with Crippen LogP contribution in [-0.2, 0) is 4.79 Å². The van der Waals surface area contributed by atoms with E-state index in [4.69, 9.17) is 10.2 Å². The Morgan fingerprint density at radius 3 is 1.75 bits per heavy atom. The van der Waals surface area contributed by atoms with Crippen LogP contribution in [0, 0.1) is 5.41 Å². The summed E-state index contributed by atoms with van der Waals surface area (Å²) < 4.78 is 0. The third kappa shape index (κ3) is 0.518. The van der Waals surface area contributed by atoms with E-state index in [1.165, 1.54) is 0 Å². The van der Waals surface area contributed by atoms with Gasteiger partial charge in [-0.25, -0.2) is 10.2 Å². The monoisotopic (exact) mass is 59.0 g/mol. The molecule has 4 heavy (non-hydrogen) atoms. The van der Waals surface area contributed by atoms with Crippen LogP contribution in [0.15, 0.2) is 0 Å². The molecule has 0 saturated heterocycles. The fraction of sp³-hybridized carbons (Fsp3) is 0.500. The minimum atomic E-state index is 0. The zero-order chi connectivity index (χ0) is 2.71. The van der Waals surface area contributed by atoms with Gasteiger partial charge in [0.15, 0.2) is 0 Å². The second-order valence-corrected chi connectivity index (χ2v) is 0.102. The molecule has 0 aliphatic carbocycles. The summed E-state index contributed by atoms with van der Waals surface area (Å²) in [4.78, 5) is 8.35. The molecule has 0 saturated carbocycles. The quantitative estimate of drug-likeness (QED) is 0.321. The summed E-state index contributed by atoms with van der Waals surface area (Å²) in [5.41, 5.74) is 0. The van der Waals surface area contributed by atoms with Crippen molar-refractivity contribution in [2.45, 2.75) is 7.43 Å². The molecular weight excluding hydrogens is 54.0 g/mol. The van der Waals surface area contributed by atoms with Gasteiger partial charge >= 0.3 is 0 Å². The molecule has 0 radical (unpaired) electrons. The smallest absolute Gasteiger partial charge is 0.222 e. The number of rotatable bonds is 0. The summed E-state index contributed by atoms with van der Waals surface area (Å²) in [5, 5.41) is 5.40. The topological polar surface area (TPSA) is 40.9 Å². The molecular formula is C2H5NO. The van der Waals surface area contributed by atoms with Crippen LogP contribution in [0.5, 0.6) is 0 Å². The second-order valence-electron chi connectivity index (χ2n) is 0.102. The van der Waals surface area contributed by atoms with Gasteiger partial charge in [-0.05, 0) is 0 Å². The molecule has 0 aromatic carbocycles. The highest BCUT2D eigenvalue weighted by Crippen LogP contribution is 0.868. The van der Waals surface area contributed by atoms with E-state index >= 15 is 0 Å². The molecule has 2 nitrogen and oxygen atoms in total. The van der Waals surface area contributed by atoms with E-state index in [1.807, 2.05) is 0 Å². The van der Waals surface area contributed by atoms with E-state index in [0.717, 1.165) is 6.08 Å². The fourth-order valence-electron chi connectivity index (χ4n) is 0. The van der Waals surface area contributed by atoms with Gasteiger partial charge in [0.05, 0.1) is 0 Å². The van der Waals surface area contributed by atoms with Gasteiger partial charge in [-0.1, -0.05) is 7.43 Å². The van der Waals surface area contributed by atoms with Crippen LogP contribution in [0.25, 0.3) is 0 Å². The molecule has 0 atom stereocenters.